The third kappa shape index (κ3) is 3.02. The van der Waals surface area contributed by atoms with Gasteiger partial charge in [0, 0.05) is 17.8 Å². The standard InChI is InChI=1S/C20H17F2N5O/c1-3-27-18(12-7-8-15(23)11(2)9-12)25-16-10-24-20(26-19(16)27)28-17-13(21)5-4-6-14(17)22/h4-10H,3,23H2,1-2H3. The van der Waals surface area contributed by atoms with Crippen LogP contribution < -0.4 is 10.5 Å². The second-order valence-electron chi connectivity index (χ2n) is 6.27. The van der Waals surface area contributed by atoms with Gasteiger partial charge in [0.05, 0.1) is 6.20 Å². The van der Waals surface area contributed by atoms with Crippen molar-refractivity contribution in [3.05, 3.63) is 59.8 Å². The van der Waals surface area contributed by atoms with Crippen LogP contribution in [0.5, 0.6) is 11.8 Å². The molecule has 2 aromatic carbocycles. The van der Waals surface area contributed by atoms with Crippen molar-refractivity contribution in [3.8, 4) is 23.1 Å². The van der Waals surface area contributed by atoms with Crippen LogP contribution >= 0.6 is 0 Å². The molecule has 0 amide bonds. The number of fused-ring (bicyclic) bond motifs is 1. The molecule has 6 nitrogen and oxygen atoms in total. The van der Waals surface area contributed by atoms with Crippen LogP contribution in [0.4, 0.5) is 14.5 Å². The Labute approximate surface area is 159 Å². The van der Waals surface area contributed by atoms with Gasteiger partial charge in [-0.2, -0.15) is 4.98 Å². The molecular formula is C20H17F2N5O. The fraction of sp³-hybridized carbons (Fsp3) is 0.150. The molecule has 0 radical (unpaired) electrons. The fourth-order valence-corrected chi connectivity index (χ4v) is 2.96. The maximum absolute atomic E-state index is 13.8. The second kappa shape index (κ2) is 6.88. The molecule has 0 atom stereocenters. The van der Waals surface area contributed by atoms with Crippen LogP contribution in [0.25, 0.3) is 22.6 Å². The Kier molecular flexibility index (Phi) is 4.38. The van der Waals surface area contributed by atoms with Crippen LogP contribution in [-0.2, 0) is 6.54 Å². The van der Waals surface area contributed by atoms with Crippen molar-refractivity contribution in [1.29, 1.82) is 0 Å². The summed E-state index contributed by atoms with van der Waals surface area (Å²) in [6.45, 7) is 4.46. The number of rotatable bonds is 4. The van der Waals surface area contributed by atoms with Crippen LogP contribution in [0.3, 0.4) is 0 Å². The van der Waals surface area contributed by atoms with E-state index in [0.717, 1.165) is 23.3 Å². The Morgan fingerprint density at radius 1 is 1.11 bits per heavy atom. The lowest BCUT2D eigenvalue weighted by Gasteiger charge is -2.08. The van der Waals surface area contributed by atoms with Gasteiger partial charge in [0.15, 0.2) is 17.3 Å². The maximum Gasteiger partial charge on any atom is 0.324 e. The van der Waals surface area contributed by atoms with E-state index in [1.165, 1.54) is 12.3 Å². The Bertz CT molecular complexity index is 1170. The van der Waals surface area contributed by atoms with Crippen molar-refractivity contribution in [3.63, 3.8) is 0 Å². The van der Waals surface area contributed by atoms with E-state index < -0.39 is 17.4 Å². The summed E-state index contributed by atoms with van der Waals surface area (Å²) in [5, 5.41) is 0. The number of ether oxygens (including phenoxy) is 1. The van der Waals surface area contributed by atoms with Crippen LogP contribution in [-0.4, -0.2) is 19.5 Å². The van der Waals surface area contributed by atoms with E-state index in [-0.39, 0.29) is 6.01 Å². The van der Waals surface area contributed by atoms with Crippen molar-refractivity contribution in [2.24, 2.45) is 0 Å². The summed E-state index contributed by atoms with van der Waals surface area (Å²) in [6, 6.07) is 8.96. The minimum absolute atomic E-state index is 0.161. The van der Waals surface area contributed by atoms with Crippen LogP contribution in [0.15, 0.2) is 42.6 Å². The highest BCUT2D eigenvalue weighted by Gasteiger charge is 2.17. The molecule has 0 unspecified atom stereocenters. The number of aryl methyl sites for hydroxylation is 2. The zero-order valence-electron chi connectivity index (χ0n) is 15.3. The Morgan fingerprint density at radius 3 is 2.54 bits per heavy atom. The number of hydrogen-bond donors (Lipinski definition) is 1. The zero-order chi connectivity index (χ0) is 19.8. The highest BCUT2D eigenvalue weighted by atomic mass is 19.1. The molecule has 0 aliphatic heterocycles. The molecule has 0 spiro atoms. The number of nitrogens with zero attached hydrogens (tertiary/aromatic N) is 4. The van der Waals surface area contributed by atoms with Gasteiger partial charge in [-0.05, 0) is 49.7 Å². The molecule has 142 valence electrons. The first-order valence-corrected chi connectivity index (χ1v) is 8.69. The summed E-state index contributed by atoms with van der Waals surface area (Å²) in [5.74, 6) is -1.50. The highest BCUT2D eigenvalue weighted by Crippen LogP contribution is 2.29. The van der Waals surface area contributed by atoms with Gasteiger partial charge in [0.25, 0.3) is 0 Å². The molecule has 0 fully saturated rings. The van der Waals surface area contributed by atoms with E-state index in [4.69, 9.17) is 10.5 Å². The monoisotopic (exact) mass is 381 g/mol. The summed E-state index contributed by atoms with van der Waals surface area (Å²) in [7, 11) is 0. The fourth-order valence-electron chi connectivity index (χ4n) is 2.96. The lowest BCUT2D eigenvalue weighted by atomic mass is 10.1. The number of benzene rings is 2. The topological polar surface area (TPSA) is 78.9 Å². The SMILES string of the molecule is CCn1c(-c2ccc(N)c(C)c2)nc2cnc(Oc3c(F)cccc3F)nc21. The van der Waals surface area contributed by atoms with Gasteiger partial charge in [0.2, 0.25) is 5.75 Å². The molecule has 0 saturated carbocycles. The lowest BCUT2D eigenvalue weighted by molar-refractivity contribution is 0.383. The van der Waals surface area contributed by atoms with Gasteiger partial charge in [-0.25, -0.2) is 18.7 Å². The minimum Gasteiger partial charge on any atom is -0.418 e. The molecule has 2 aromatic heterocycles. The molecule has 4 rings (SSSR count). The summed E-state index contributed by atoms with van der Waals surface area (Å²) in [6.07, 6.45) is 1.47. The van der Waals surface area contributed by atoms with Crippen molar-refractivity contribution in [1.82, 2.24) is 19.5 Å². The number of anilines is 1. The molecule has 2 heterocycles. The Hall–Kier alpha value is -3.55. The number of aromatic nitrogens is 4. The molecule has 0 bridgehead atoms. The predicted molar refractivity (Wildman–Crippen MR) is 102 cm³/mol. The average Bonchev–Trinajstić information content (AvgIpc) is 3.05. The number of imidazole rings is 1. The Morgan fingerprint density at radius 2 is 1.86 bits per heavy atom. The maximum atomic E-state index is 13.8. The molecule has 4 aromatic rings. The van der Waals surface area contributed by atoms with Crippen LogP contribution in [0, 0.1) is 18.6 Å². The average molecular weight is 381 g/mol. The largest absolute Gasteiger partial charge is 0.418 e. The van der Waals surface area contributed by atoms with Gasteiger partial charge in [-0.3, -0.25) is 0 Å². The lowest BCUT2D eigenvalue weighted by Crippen LogP contribution is -2.01. The first-order chi connectivity index (χ1) is 13.5. The van der Waals surface area contributed by atoms with Crippen molar-refractivity contribution >= 4 is 16.9 Å². The number of para-hydroxylation sites is 1. The van der Waals surface area contributed by atoms with E-state index in [1.807, 2.05) is 36.6 Å². The van der Waals surface area contributed by atoms with Crippen LogP contribution in [0.1, 0.15) is 12.5 Å². The first kappa shape index (κ1) is 17.8. The molecule has 0 saturated heterocycles. The van der Waals surface area contributed by atoms with E-state index in [2.05, 4.69) is 15.0 Å². The predicted octanol–water partition coefficient (Wildman–Crippen LogP) is 4.47. The summed E-state index contributed by atoms with van der Waals surface area (Å²) >= 11 is 0. The molecule has 2 N–H and O–H groups in total. The summed E-state index contributed by atoms with van der Waals surface area (Å²) < 4.78 is 34.8. The number of hydrogen-bond acceptors (Lipinski definition) is 5. The molecule has 0 aliphatic rings. The first-order valence-electron chi connectivity index (χ1n) is 8.69. The van der Waals surface area contributed by atoms with Gasteiger partial charge < -0.3 is 15.0 Å². The van der Waals surface area contributed by atoms with Crippen molar-refractivity contribution in [2.45, 2.75) is 20.4 Å². The normalized spacial score (nSPS) is 11.1. The zero-order valence-corrected chi connectivity index (χ0v) is 15.3. The third-order valence-electron chi connectivity index (χ3n) is 4.42. The third-order valence-corrected chi connectivity index (χ3v) is 4.42. The smallest absolute Gasteiger partial charge is 0.324 e. The molecule has 0 aliphatic carbocycles. The second-order valence-corrected chi connectivity index (χ2v) is 6.27. The number of nitrogens with two attached hydrogens (primary N) is 1. The quantitative estimate of drug-likeness (QED) is 0.528. The summed E-state index contributed by atoms with van der Waals surface area (Å²) in [4.78, 5) is 13.0. The van der Waals surface area contributed by atoms with Crippen molar-refractivity contribution < 1.29 is 13.5 Å². The van der Waals surface area contributed by atoms with Gasteiger partial charge in [0.1, 0.15) is 11.3 Å². The highest BCUT2D eigenvalue weighted by molar-refractivity contribution is 5.77. The Balaban J connectivity index is 1.80. The van der Waals surface area contributed by atoms with E-state index >= 15 is 0 Å². The molecule has 28 heavy (non-hydrogen) atoms. The summed E-state index contributed by atoms with van der Waals surface area (Å²) in [5.41, 5.74) is 9.48. The van der Waals surface area contributed by atoms with Crippen molar-refractivity contribution in [2.75, 3.05) is 5.73 Å². The van der Waals surface area contributed by atoms with E-state index in [9.17, 15) is 8.78 Å². The van der Waals surface area contributed by atoms with Gasteiger partial charge >= 0.3 is 6.01 Å². The number of halogens is 2. The van der Waals surface area contributed by atoms with Crippen LogP contribution in [0.2, 0.25) is 0 Å². The molecular weight excluding hydrogens is 364 g/mol. The van der Waals surface area contributed by atoms with E-state index in [1.54, 1.807) is 0 Å². The van der Waals surface area contributed by atoms with Gasteiger partial charge in [-0.15, -0.1) is 0 Å². The minimum atomic E-state index is -0.828. The van der Waals surface area contributed by atoms with Gasteiger partial charge in [-0.1, -0.05) is 6.07 Å². The molecule has 8 heteroatoms. The van der Waals surface area contributed by atoms with E-state index in [0.29, 0.717) is 29.2 Å². The number of nitrogen functional groups attached to an aromatic ring is 1.